The predicted molar refractivity (Wildman–Crippen MR) is 70.3 cm³/mol. The lowest BCUT2D eigenvalue weighted by molar-refractivity contribution is -0.143. The van der Waals surface area contributed by atoms with Crippen molar-refractivity contribution in [1.82, 2.24) is 9.80 Å². The molecule has 104 valence electrons. The molecule has 2 heterocycles. The van der Waals surface area contributed by atoms with Crippen LogP contribution in [-0.2, 0) is 9.59 Å². The Morgan fingerprint density at radius 2 is 1.84 bits per heavy atom. The van der Waals surface area contributed by atoms with Crippen molar-refractivity contribution in [2.75, 3.05) is 19.6 Å². The van der Waals surface area contributed by atoms with Gasteiger partial charge in [0.15, 0.2) is 0 Å². The summed E-state index contributed by atoms with van der Waals surface area (Å²) in [4.78, 5) is 28.5. The summed E-state index contributed by atoms with van der Waals surface area (Å²) >= 11 is 0. The van der Waals surface area contributed by atoms with Crippen molar-refractivity contribution < 1.29 is 9.59 Å². The van der Waals surface area contributed by atoms with Gasteiger partial charge < -0.3 is 9.80 Å². The molecule has 0 aromatic rings. The predicted octanol–water partition coefficient (Wildman–Crippen LogP) is 1.40. The standard InChI is InChI=1S/C15H22N2O2/c18-13-7-11(8-17(13)12-3-1-2-4-12)14(19)16-9-15(10-16)5-6-15/h11-12H,1-10H2. The number of hydrogen-bond acceptors (Lipinski definition) is 2. The first-order chi connectivity index (χ1) is 9.17. The number of likely N-dealkylation sites (tertiary alicyclic amines) is 2. The maximum atomic E-state index is 12.4. The normalized spacial score (nSPS) is 33.1. The van der Waals surface area contributed by atoms with Gasteiger partial charge in [-0.05, 0) is 25.7 Å². The molecule has 4 aliphatic rings. The average Bonchev–Trinajstić information content (AvgIpc) is 2.80. The summed E-state index contributed by atoms with van der Waals surface area (Å²) in [6, 6.07) is 0.427. The van der Waals surface area contributed by atoms with Gasteiger partial charge in [-0.25, -0.2) is 0 Å². The second-order valence-corrected chi connectivity index (χ2v) is 7.08. The highest BCUT2D eigenvalue weighted by Crippen LogP contribution is 2.53. The molecule has 1 unspecified atom stereocenters. The highest BCUT2D eigenvalue weighted by atomic mass is 16.2. The second kappa shape index (κ2) is 3.97. The van der Waals surface area contributed by atoms with Crippen molar-refractivity contribution in [3.8, 4) is 0 Å². The Balaban J connectivity index is 1.37. The first kappa shape index (κ1) is 11.7. The van der Waals surface area contributed by atoms with Gasteiger partial charge in [0, 0.05) is 37.5 Å². The van der Waals surface area contributed by atoms with Crippen LogP contribution in [0.15, 0.2) is 0 Å². The Kier molecular flexibility index (Phi) is 2.45. The Hall–Kier alpha value is -1.06. The van der Waals surface area contributed by atoms with E-state index in [1.807, 2.05) is 9.80 Å². The quantitative estimate of drug-likeness (QED) is 0.755. The molecule has 4 nitrogen and oxygen atoms in total. The molecular weight excluding hydrogens is 240 g/mol. The van der Waals surface area contributed by atoms with Crippen LogP contribution < -0.4 is 0 Å². The molecule has 2 saturated heterocycles. The molecule has 0 N–H and O–H groups in total. The summed E-state index contributed by atoms with van der Waals surface area (Å²) in [5.41, 5.74) is 0.517. The van der Waals surface area contributed by atoms with Crippen LogP contribution in [0, 0.1) is 11.3 Å². The fraction of sp³-hybridized carbons (Fsp3) is 0.867. The molecule has 0 radical (unpaired) electrons. The first-order valence-electron chi connectivity index (χ1n) is 7.75. The summed E-state index contributed by atoms with van der Waals surface area (Å²) in [6.07, 6.45) is 7.81. The third kappa shape index (κ3) is 1.87. The van der Waals surface area contributed by atoms with Crippen LogP contribution in [0.2, 0.25) is 0 Å². The van der Waals surface area contributed by atoms with E-state index in [9.17, 15) is 9.59 Å². The first-order valence-corrected chi connectivity index (χ1v) is 7.75. The van der Waals surface area contributed by atoms with Gasteiger partial charge in [-0.3, -0.25) is 9.59 Å². The summed E-state index contributed by atoms with van der Waals surface area (Å²) in [5.74, 6) is 0.405. The third-order valence-electron chi connectivity index (χ3n) is 5.59. The molecule has 1 atom stereocenters. The molecule has 4 rings (SSSR count). The van der Waals surface area contributed by atoms with E-state index in [1.54, 1.807) is 0 Å². The average molecular weight is 262 g/mol. The Bertz CT molecular complexity index is 416. The summed E-state index contributed by atoms with van der Waals surface area (Å²) in [5, 5.41) is 0. The van der Waals surface area contributed by atoms with Crippen LogP contribution in [0.3, 0.4) is 0 Å². The monoisotopic (exact) mass is 262 g/mol. The van der Waals surface area contributed by atoms with E-state index in [0.717, 1.165) is 25.9 Å². The second-order valence-electron chi connectivity index (χ2n) is 7.08. The largest absolute Gasteiger partial charge is 0.341 e. The number of carbonyl (C=O) groups is 2. The highest BCUT2D eigenvalue weighted by Gasteiger charge is 2.55. The molecule has 2 saturated carbocycles. The molecular formula is C15H22N2O2. The lowest BCUT2D eigenvalue weighted by atomic mass is 9.94. The lowest BCUT2D eigenvalue weighted by Crippen LogP contribution is -2.53. The van der Waals surface area contributed by atoms with E-state index in [1.165, 1.54) is 25.7 Å². The zero-order chi connectivity index (χ0) is 13.0. The van der Waals surface area contributed by atoms with Gasteiger partial charge in [0.2, 0.25) is 11.8 Å². The molecule has 2 aliphatic carbocycles. The van der Waals surface area contributed by atoms with E-state index in [2.05, 4.69) is 0 Å². The maximum Gasteiger partial charge on any atom is 0.228 e. The molecule has 0 bridgehead atoms. The molecule has 2 aliphatic heterocycles. The number of nitrogens with zero attached hydrogens (tertiary/aromatic N) is 2. The van der Waals surface area contributed by atoms with Crippen LogP contribution in [0.5, 0.6) is 0 Å². The van der Waals surface area contributed by atoms with E-state index >= 15 is 0 Å². The summed E-state index contributed by atoms with van der Waals surface area (Å²) in [6.45, 7) is 2.60. The molecule has 19 heavy (non-hydrogen) atoms. The number of carbonyl (C=O) groups excluding carboxylic acids is 2. The van der Waals surface area contributed by atoms with E-state index in [-0.39, 0.29) is 17.7 Å². The van der Waals surface area contributed by atoms with Gasteiger partial charge in [-0.2, -0.15) is 0 Å². The van der Waals surface area contributed by atoms with Gasteiger partial charge in [0.05, 0.1) is 5.92 Å². The zero-order valence-corrected chi connectivity index (χ0v) is 11.4. The Morgan fingerprint density at radius 3 is 2.47 bits per heavy atom. The number of hydrogen-bond donors (Lipinski definition) is 0. The van der Waals surface area contributed by atoms with Gasteiger partial charge in [-0.1, -0.05) is 12.8 Å². The van der Waals surface area contributed by atoms with Crippen LogP contribution >= 0.6 is 0 Å². The van der Waals surface area contributed by atoms with Crippen molar-refractivity contribution in [3.05, 3.63) is 0 Å². The minimum absolute atomic E-state index is 0.0517. The van der Waals surface area contributed by atoms with Gasteiger partial charge in [0.1, 0.15) is 0 Å². The van der Waals surface area contributed by atoms with Crippen molar-refractivity contribution in [3.63, 3.8) is 0 Å². The van der Waals surface area contributed by atoms with Crippen LogP contribution in [-0.4, -0.2) is 47.3 Å². The van der Waals surface area contributed by atoms with Gasteiger partial charge in [-0.15, -0.1) is 0 Å². The van der Waals surface area contributed by atoms with Gasteiger partial charge in [0.25, 0.3) is 0 Å². The number of amides is 2. The SMILES string of the molecule is O=C(C1CC(=O)N(C2CCCC2)C1)N1CC2(CC2)C1. The van der Waals surface area contributed by atoms with Gasteiger partial charge >= 0.3 is 0 Å². The molecule has 4 fully saturated rings. The van der Waals surface area contributed by atoms with E-state index in [0.29, 0.717) is 24.4 Å². The topological polar surface area (TPSA) is 40.6 Å². The van der Waals surface area contributed by atoms with Crippen molar-refractivity contribution in [2.45, 2.75) is 51.0 Å². The fourth-order valence-corrected chi connectivity index (χ4v) is 4.14. The Morgan fingerprint density at radius 1 is 1.16 bits per heavy atom. The van der Waals surface area contributed by atoms with Crippen LogP contribution in [0.1, 0.15) is 44.9 Å². The van der Waals surface area contributed by atoms with Crippen LogP contribution in [0.25, 0.3) is 0 Å². The number of rotatable bonds is 2. The molecule has 2 amide bonds. The fourth-order valence-electron chi connectivity index (χ4n) is 4.14. The van der Waals surface area contributed by atoms with Crippen LogP contribution in [0.4, 0.5) is 0 Å². The highest BCUT2D eigenvalue weighted by molar-refractivity contribution is 5.90. The van der Waals surface area contributed by atoms with Crippen molar-refractivity contribution in [1.29, 1.82) is 0 Å². The minimum atomic E-state index is -0.0517. The zero-order valence-electron chi connectivity index (χ0n) is 11.4. The summed E-state index contributed by atoms with van der Waals surface area (Å²) < 4.78 is 0. The maximum absolute atomic E-state index is 12.4. The molecule has 0 aromatic heterocycles. The Labute approximate surface area is 114 Å². The summed E-state index contributed by atoms with van der Waals surface area (Å²) in [7, 11) is 0. The van der Waals surface area contributed by atoms with Crippen molar-refractivity contribution in [2.24, 2.45) is 11.3 Å². The van der Waals surface area contributed by atoms with E-state index in [4.69, 9.17) is 0 Å². The molecule has 4 heteroatoms. The third-order valence-corrected chi connectivity index (χ3v) is 5.59. The van der Waals surface area contributed by atoms with Crippen molar-refractivity contribution >= 4 is 11.8 Å². The molecule has 1 spiro atoms. The smallest absolute Gasteiger partial charge is 0.228 e. The lowest BCUT2D eigenvalue weighted by Gasteiger charge is -2.41. The molecule has 0 aromatic carbocycles. The van der Waals surface area contributed by atoms with E-state index < -0.39 is 0 Å². The minimum Gasteiger partial charge on any atom is -0.341 e.